The van der Waals surface area contributed by atoms with Crippen LogP contribution in [0.1, 0.15) is 27.4 Å². The van der Waals surface area contributed by atoms with Crippen molar-refractivity contribution in [3.63, 3.8) is 0 Å². The van der Waals surface area contributed by atoms with Crippen LogP contribution in [0, 0.1) is 12.8 Å². The Bertz CT molecular complexity index is 377. The summed E-state index contributed by atoms with van der Waals surface area (Å²) in [4.78, 5) is 13.4. The molecule has 0 bridgehead atoms. The lowest BCUT2D eigenvalue weighted by atomic mass is 9.82. The molecule has 1 aromatic heterocycles. The molecule has 88 valence electrons. The molecular formula is C11H16N2O2S. The number of amides is 1. The number of carbonyl (C=O) groups excluding carboxylic acids is 1. The Morgan fingerprint density at radius 2 is 2.38 bits per heavy atom. The van der Waals surface area contributed by atoms with E-state index in [1.54, 1.807) is 6.07 Å². The lowest BCUT2D eigenvalue weighted by Crippen LogP contribution is -2.38. The Labute approximate surface area is 98.5 Å². The lowest BCUT2D eigenvalue weighted by Gasteiger charge is -2.31. The fourth-order valence-corrected chi connectivity index (χ4v) is 2.66. The van der Waals surface area contributed by atoms with Gasteiger partial charge in [-0.05, 0) is 31.7 Å². The second-order valence-electron chi connectivity index (χ2n) is 4.32. The van der Waals surface area contributed by atoms with Crippen molar-refractivity contribution in [2.45, 2.75) is 25.9 Å². The first-order chi connectivity index (χ1) is 7.56. The predicted octanol–water partition coefficient (Wildman–Crippen LogP) is 1.14. The number of hydrogen-bond donors (Lipinski definition) is 3. The number of nitrogen functional groups attached to an aromatic ring is 1. The maximum Gasteiger partial charge on any atom is 0.261 e. The number of thiophene rings is 1. The van der Waals surface area contributed by atoms with Gasteiger partial charge in [-0.3, -0.25) is 4.79 Å². The van der Waals surface area contributed by atoms with Crippen LogP contribution in [-0.2, 0) is 0 Å². The van der Waals surface area contributed by atoms with Crippen molar-refractivity contribution in [2.24, 2.45) is 5.92 Å². The third kappa shape index (κ3) is 2.36. The fraction of sp³-hybridized carbons (Fsp3) is 0.545. The van der Waals surface area contributed by atoms with E-state index in [1.807, 2.05) is 6.92 Å². The van der Waals surface area contributed by atoms with E-state index in [0.717, 1.165) is 17.7 Å². The van der Waals surface area contributed by atoms with E-state index in [2.05, 4.69) is 5.32 Å². The van der Waals surface area contributed by atoms with Gasteiger partial charge in [-0.2, -0.15) is 0 Å². The molecule has 1 amide bonds. The van der Waals surface area contributed by atoms with Crippen molar-refractivity contribution in [1.29, 1.82) is 0 Å². The highest BCUT2D eigenvalue weighted by atomic mass is 32.1. The zero-order valence-corrected chi connectivity index (χ0v) is 10.0. The van der Waals surface area contributed by atoms with Crippen LogP contribution in [0.2, 0.25) is 0 Å². The smallest absolute Gasteiger partial charge is 0.261 e. The van der Waals surface area contributed by atoms with Crippen LogP contribution in [0.15, 0.2) is 6.07 Å². The molecule has 0 saturated heterocycles. The summed E-state index contributed by atoms with van der Waals surface area (Å²) in [6.07, 6.45) is 1.43. The molecule has 2 rings (SSSR count). The number of aliphatic hydroxyl groups excluding tert-OH is 1. The lowest BCUT2D eigenvalue weighted by molar-refractivity contribution is 0.0420. The van der Waals surface area contributed by atoms with Crippen molar-refractivity contribution in [2.75, 3.05) is 12.3 Å². The van der Waals surface area contributed by atoms with Gasteiger partial charge >= 0.3 is 0 Å². The topological polar surface area (TPSA) is 75.3 Å². The average molecular weight is 240 g/mol. The van der Waals surface area contributed by atoms with Crippen LogP contribution in [0.4, 0.5) is 5.69 Å². The predicted molar refractivity (Wildman–Crippen MR) is 64.5 cm³/mol. The third-order valence-electron chi connectivity index (χ3n) is 2.94. The number of hydrogen-bond acceptors (Lipinski definition) is 4. The summed E-state index contributed by atoms with van der Waals surface area (Å²) >= 11 is 1.41. The molecule has 4 nitrogen and oxygen atoms in total. The number of aliphatic hydroxyl groups is 1. The molecule has 1 aliphatic rings. The summed E-state index contributed by atoms with van der Waals surface area (Å²) in [5.41, 5.74) is 6.36. The second kappa shape index (κ2) is 4.43. The standard InChI is InChI=1S/C11H16N2O2S/c1-6-9(12)4-10(16-6)11(15)13-5-7-2-8(14)3-7/h4,7-8,14H,2-3,5,12H2,1H3,(H,13,15). The van der Waals surface area contributed by atoms with Gasteiger partial charge in [0.2, 0.25) is 0 Å². The first-order valence-corrected chi connectivity index (χ1v) is 6.20. The molecule has 0 spiro atoms. The quantitative estimate of drug-likeness (QED) is 0.741. The van der Waals surface area contributed by atoms with Crippen LogP contribution in [0.5, 0.6) is 0 Å². The van der Waals surface area contributed by atoms with Crippen LogP contribution < -0.4 is 11.1 Å². The minimum Gasteiger partial charge on any atom is -0.398 e. The van der Waals surface area contributed by atoms with Crippen LogP contribution in [-0.4, -0.2) is 23.7 Å². The van der Waals surface area contributed by atoms with Crippen LogP contribution in [0.25, 0.3) is 0 Å². The van der Waals surface area contributed by atoms with Gasteiger partial charge in [-0.15, -0.1) is 11.3 Å². The van der Waals surface area contributed by atoms with Gasteiger partial charge in [0, 0.05) is 17.1 Å². The molecule has 0 aromatic carbocycles. The van der Waals surface area contributed by atoms with Crippen molar-refractivity contribution < 1.29 is 9.90 Å². The van der Waals surface area contributed by atoms with E-state index >= 15 is 0 Å². The molecule has 16 heavy (non-hydrogen) atoms. The molecular weight excluding hydrogens is 224 g/mol. The van der Waals surface area contributed by atoms with Gasteiger partial charge in [-0.25, -0.2) is 0 Å². The summed E-state index contributed by atoms with van der Waals surface area (Å²) in [6.45, 7) is 2.55. The number of nitrogens with two attached hydrogens (primary N) is 1. The zero-order valence-electron chi connectivity index (χ0n) is 9.19. The molecule has 1 saturated carbocycles. The first kappa shape index (κ1) is 11.4. The molecule has 0 atom stereocenters. The van der Waals surface area contributed by atoms with Gasteiger partial charge in [0.1, 0.15) is 0 Å². The Kier molecular flexibility index (Phi) is 3.16. The third-order valence-corrected chi connectivity index (χ3v) is 4.01. The van der Waals surface area contributed by atoms with Crippen molar-refractivity contribution in [3.05, 3.63) is 15.8 Å². The molecule has 1 aromatic rings. The highest BCUT2D eigenvalue weighted by Crippen LogP contribution is 2.27. The zero-order chi connectivity index (χ0) is 11.7. The van der Waals surface area contributed by atoms with Crippen molar-refractivity contribution in [3.8, 4) is 0 Å². The van der Waals surface area contributed by atoms with E-state index in [1.165, 1.54) is 11.3 Å². The number of nitrogens with one attached hydrogen (secondary N) is 1. The van der Waals surface area contributed by atoms with Gasteiger partial charge in [0.25, 0.3) is 5.91 Å². The van der Waals surface area contributed by atoms with Gasteiger partial charge < -0.3 is 16.2 Å². The Hall–Kier alpha value is -1.07. The Balaban J connectivity index is 1.84. The monoisotopic (exact) mass is 240 g/mol. The maximum atomic E-state index is 11.7. The molecule has 1 aliphatic carbocycles. The molecule has 1 heterocycles. The van der Waals surface area contributed by atoms with E-state index in [4.69, 9.17) is 10.8 Å². The van der Waals surface area contributed by atoms with E-state index in [0.29, 0.717) is 23.0 Å². The van der Waals surface area contributed by atoms with Crippen LogP contribution >= 0.6 is 11.3 Å². The summed E-state index contributed by atoms with van der Waals surface area (Å²) in [6, 6.07) is 1.71. The van der Waals surface area contributed by atoms with E-state index in [-0.39, 0.29) is 12.0 Å². The second-order valence-corrected chi connectivity index (χ2v) is 5.58. The number of anilines is 1. The normalized spacial score (nSPS) is 23.9. The minimum absolute atomic E-state index is 0.0637. The van der Waals surface area contributed by atoms with Gasteiger partial charge in [0.15, 0.2) is 0 Å². The summed E-state index contributed by atoms with van der Waals surface area (Å²) in [5, 5.41) is 12.0. The Morgan fingerprint density at radius 1 is 1.69 bits per heavy atom. The fourth-order valence-electron chi connectivity index (χ4n) is 1.80. The van der Waals surface area contributed by atoms with Gasteiger partial charge in [0.05, 0.1) is 11.0 Å². The highest BCUT2D eigenvalue weighted by Gasteiger charge is 2.27. The molecule has 0 aliphatic heterocycles. The SMILES string of the molecule is Cc1sc(C(=O)NCC2CC(O)C2)cc1N. The summed E-state index contributed by atoms with van der Waals surface area (Å²) in [5.74, 6) is 0.364. The molecule has 1 fully saturated rings. The van der Waals surface area contributed by atoms with E-state index < -0.39 is 0 Å². The van der Waals surface area contributed by atoms with Crippen LogP contribution in [0.3, 0.4) is 0 Å². The average Bonchev–Trinajstić information content (AvgIpc) is 2.52. The number of carbonyl (C=O) groups is 1. The Morgan fingerprint density at radius 3 is 2.88 bits per heavy atom. The van der Waals surface area contributed by atoms with Gasteiger partial charge in [-0.1, -0.05) is 0 Å². The molecule has 5 heteroatoms. The molecule has 0 unspecified atom stereocenters. The molecule has 0 radical (unpaired) electrons. The van der Waals surface area contributed by atoms with E-state index in [9.17, 15) is 4.79 Å². The number of aryl methyl sites for hydroxylation is 1. The maximum absolute atomic E-state index is 11.7. The largest absolute Gasteiger partial charge is 0.398 e. The van der Waals surface area contributed by atoms with Crippen molar-refractivity contribution in [1.82, 2.24) is 5.32 Å². The highest BCUT2D eigenvalue weighted by molar-refractivity contribution is 7.14. The summed E-state index contributed by atoms with van der Waals surface area (Å²) < 4.78 is 0. The molecule has 4 N–H and O–H groups in total. The number of rotatable bonds is 3. The first-order valence-electron chi connectivity index (χ1n) is 5.38. The summed E-state index contributed by atoms with van der Waals surface area (Å²) in [7, 11) is 0. The van der Waals surface area contributed by atoms with Crippen molar-refractivity contribution >= 4 is 22.9 Å². The minimum atomic E-state index is -0.165.